The average molecular weight is 711 g/mol. The molecule has 49 heavy (non-hydrogen) atoms. The second-order valence-electron chi connectivity index (χ2n) is 11.3. The summed E-state index contributed by atoms with van der Waals surface area (Å²) in [4.78, 5) is 40.9. The predicted molar refractivity (Wildman–Crippen MR) is 170 cm³/mol. The molecule has 8 nitrogen and oxygen atoms in total. The van der Waals surface area contributed by atoms with Gasteiger partial charge in [0.25, 0.3) is 11.8 Å². The van der Waals surface area contributed by atoms with Gasteiger partial charge in [0.15, 0.2) is 0 Å². The van der Waals surface area contributed by atoms with Gasteiger partial charge >= 0.3 is 12.4 Å². The van der Waals surface area contributed by atoms with Crippen LogP contribution in [0.25, 0.3) is 10.1 Å². The van der Waals surface area contributed by atoms with Gasteiger partial charge in [0.2, 0.25) is 5.91 Å². The molecule has 0 aliphatic carbocycles. The third kappa shape index (κ3) is 7.96. The van der Waals surface area contributed by atoms with E-state index < -0.39 is 46.8 Å². The van der Waals surface area contributed by atoms with Crippen molar-refractivity contribution in [2.45, 2.75) is 31.1 Å². The maximum atomic E-state index is 13.9. The molecular formula is C33H29F7N4O4S. The molecule has 3 aromatic carbocycles. The lowest BCUT2D eigenvalue weighted by Gasteiger charge is -2.32. The standard InChI is InChI=1S/C33H29F7N4O4S/c1-41-27(45)16-44-11-3-4-18(15-44)17-5-10-25(48-2)22(12-17)30(46)43-28-21-8-6-19(32(35,36)37)13-26(21)49-29(28)31(47)42-20-7-9-24(34)23(14-20)33(38,39)40/h5-10,12-14,18H,3-4,11,15-16H2,1-2H3,(H,41,45)(H,42,47)(H,43,46). The topological polar surface area (TPSA) is 99.8 Å². The number of likely N-dealkylation sites (N-methyl/N-ethyl adjacent to an activating group) is 1. The van der Waals surface area contributed by atoms with Crippen LogP contribution in [0.3, 0.4) is 0 Å². The van der Waals surface area contributed by atoms with Crippen LogP contribution in [0.4, 0.5) is 42.1 Å². The first kappa shape index (κ1) is 35.6. The van der Waals surface area contributed by atoms with E-state index in [2.05, 4.69) is 16.0 Å². The lowest BCUT2D eigenvalue weighted by atomic mass is 9.89. The molecule has 2 heterocycles. The third-order valence-electron chi connectivity index (χ3n) is 8.08. The van der Waals surface area contributed by atoms with Gasteiger partial charge in [-0.3, -0.25) is 19.3 Å². The van der Waals surface area contributed by atoms with Crippen molar-refractivity contribution in [3.63, 3.8) is 0 Å². The van der Waals surface area contributed by atoms with Crippen LogP contribution >= 0.6 is 11.3 Å². The molecule has 5 rings (SSSR count). The molecular weight excluding hydrogens is 681 g/mol. The van der Waals surface area contributed by atoms with Gasteiger partial charge in [-0.15, -0.1) is 11.3 Å². The van der Waals surface area contributed by atoms with E-state index in [4.69, 9.17) is 4.74 Å². The number of amides is 3. The molecule has 1 atom stereocenters. The van der Waals surface area contributed by atoms with E-state index in [-0.39, 0.29) is 50.3 Å². The van der Waals surface area contributed by atoms with Crippen LogP contribution in [0.1, 0.15) is 55.5 Å². The number of hydrogen-bond donors (Lipinski definition) is 3. The number of alkyl halides is 6. The number of ether oxygens (including phenoxy) is 1. The summed E-state index contributed by atoms with van der Waals surface area (Å²) in [5.74, 6) is -3.41. The van der Waals surface area contributed by atoms with Crippen LogP contribution < -0.4 is 20.7 Å². The van der Waals surface area contributed by atoms with E-state index in [1.807, 2.05) is 4.90 Å². The van der Waals surface area contributed by atoms with Gasteiger partial charge in [-0.25, -0.2) is 4.39 Å². The summed E-state index contributed by atoms with van der Waals surface area (Å²) >= 11 is 0.582. The number of nitrogens with one attached hydrogen (secondary N) is 3. The maximum Gasteiger partial charge on any atom is 0.419 e. The Hall–Kier alpha value is -4.70. The van der Waals surface area contributed by atoms with Crippen LogP contribution in [0.15, 0.2) is 54.6 Å². The molecule has 3 amide bonds. The number of piperidine rings is 1. The number of methoxy groups -OCH3 is 1. The number of thiophene rings is 1. The van der Waals surface area contributed by atoms with Crippen molar-refractivity contribution in [2.75, 3.05) is 44.4 Å². The molecule has 1 aromatic heterocycles. The number of halogens is 7. The van der Waals surface area contributed by atoms with Crippen LogP contribution in [0.2, 0.25) is 0 Å². The predicted octanol–water partition coefficient (Wildman–Crippen LogP) is 7.52. The van der Waals surface area contributed by atoms with Crippen molar-refractivity contribution in [1.82, 2.24) is 10.2 Å². The molecule has 16 heteroatoms. The van der Waals surface area contributed by atoms with Crippen molar-refractivity contribution in [1.29, 1.82) is 0 Å². The number of fused-ring (bicyclic) bond motifs is 1. The second kappa shape index (κ2) is 14.0. The van der Waals surface area contributed by atoms with Gasteiger partial charge in [0.05, 0.1) is 36.0 Å². The highest BCUT2D eigenvalue weighted by atomic mass is 32.1. The van der Waals surface area contributed by atoms with E-state index in [0.29, 0.717) is 30.0 Å². The summed E-state index contributed by atoms with van der Waals surface area (Å²) in [7, 11) is 2.89. The normalized spacial score (nSPS) is 15.6. The number of nitrogens with zero attached hydrogens (tertiary/aromatic N) is 1. The Morgan fingerprint density at radius 1 is 0.939 bits per heavy atom. The smallest absolute Gasteiger partial charge is 0.419 e. The number of benzene rings is 3. The van der Waals surface area contributed by atoms with Crippen LogP contribution in [-0.4, -0.2) is 56.4 Å². The highest BCUT2D eigenvalue weighted by molar-refractivity contribution is 7.21. The minimum Gasteiger partial charge on any atom is -0.496 e. The second-order valence-corrected chi connectivity index (χ2v) is 12.4. The highest BCUT2D eigenvalue weighted by Gasteiger charge is 2.35. The number of carbonyl (C=O) groups is 3. The van der Waals surface area contributed by atoms with E-state index >= 15 is 0 Å². The van der Waals surface area contributed by atoms with Crippen molar-refractivity contribution < 1.29 is 49.9 Å². The Morgan fingerprint density at radius 2 is 1.69 bits per heavy atom. The van der Waals surface area contributed by atoms with Crippen LogP contribution in [0, 0.1) is 5.82 Å². The average Bonchev–Trinajstić information content (AvgIpc) is 3.42. The minimum absolute atomic E-state index is 0.0375. The lowest BCUT2D eigenvalue weighted by molar-refractivity contribution is -0.140. The molecule has 1 unspecified atom stereocenters. The van der Waals surface area contributed by atoms with Crippen molar-refractivity contribution in [3.05, 3.63) is 87.5 Å². The summed E-state index contributed by atoms with van der Waals surface area (Å²) in [5.41, 5.74) is -2.45. The molecule has 0 saturated carbocycles. The Morgan fingerprint density at radius 3 is 2.37 bits per heavy atom. The Bertz CT molecular complexity index is 1910. The summed E-state index contributed by atoms with van der Waals surface area (Å²) in [6.07, 6.45) is -8.22. The van der Waals surface area contributed by atoms with E-state index in [1.165, 1.54) is 7.11 Å². The van der Waals surface area contributed by atoms with E-state index in [0.717, 1.165) is 49.2 Å². The minimum atomic E-state index is -5.07. The molecule has 1 aliphatic rings. The summed E-state index contributed by atoms with van der Waals surface area (Å²) in [5, 5.41) is 7.50. The van der Waals surface area contributed by atoms with E-state index in [1.54, 1.807) is 25.2 Å². The van der Waals surface area contributed by atoms with Gasteiger partial charge in [0.1, 0.15) is 16.4 Å². The fourth-order valence-corrected chi connectivity index (χ4v) is 6.75. The third-order valence-corrected chi connectivity index (χ3v) is 9.23. The van der Waals surface area contributed by atoms with Gasteiger partial charge in [-0.1, -0.05) is 12.1 Å². The molecule has 260 valence electrons. The van der Waals surface area contributed by atoms with E-state index in [9.17, 15) is 45.1 Å². The van der Waals surface area contributed by atoms with Gasteiger partial charge in [-0.2, -0.15) is 26.3 Å². The van der Waals surface area contributed by atoms with Crippen molar-refractivity contribution in [2.24, 2.45) is 0 Å². The monoisotopic (exact) mass is 710 g/mol. The lowest BCUT2D eigenvalue weighted by Crippen LogP contribution is -2.41. The molecule has 1 aliphatic heterocycles. The SMILES string of the molecule is CNC(=O)CN1CCCC(c2ccc(OC)c(C(=O)Nc3c(C(=O)Nc4ccc(F)c(C(F)(F)F)c4)sc4cc(C(F)(F)F)ccc34)c2)C1. The number of carbonyl (C=O) groups excluding carboxylic acids is 3. The number of anilines is 2. The van der Waals surface area contributed by atoms with Gasteiger partial charge in [0, 0.05) is 29.4 Å². The van der Waals surface area contributed by atoms with Crippen LogP contribution in [0.5, 0.6) is 5.75 Å². The quantitative estimate of drug-likeness (QED) is 0.165. The summed E-state index contributed by atoms with van der Waals surface area (Å²) in [6, 6.07) is 9.43. The zero-order valence-corrected chi connectivity index (χ0v) is 26.8. The highest BCUT2D eigenvalue weighted by Crippen LogP contribution is 2.41. The fraction of sp³-hybridized carbons (Fsp3) is 0.303. The molecule has 1 saturated heterocycles. The summed E-state index contributed by atoms with van der Waals surface area (Å²) < 4.78 is 99.8. The number of likely N-dealkylation sites (tertiary alicyclic amines) is 1. The van der Waals surface area contributed by atoms with Gasteiger partial charge < -0.3 is 20.7 Å². The van der Waals surface area contributed by atoms with Crippen molar-refractivity contribution >= 4 is 50.5 Å². The van der Waals surface area contributed by atoms with Gasteiger partial charge in [-0.05, 0) is 73.3 Å². The zero-order chi connectivity index (χ0) is 35.7. The molecule has 0 bridgehead atoms. The largest absolute Gasteiger partial charge is 0.496 e. The maximum absolute atomic E-state index is 13.9. The Kier molecular flexibility index (Phi) is 10.2. The first-order chi connectivity index (χ1) is 23.1. The first-order valence-corrected chi connectivity index (χ1v) is 15.6. The molecule has 3 N–H and O–H groups in total. The first-order valence-electron chi connectivity index (χ1n) is 14.8. The zero-order valence-electron chi connectivity index (χ0n) is 25.9. The number of rotatable bonds is 8. The van der Waals surface area contributed by atoms with Crippen molar-refractivity contribution in [3.8, 4) is 5.75 Å². The molecule has 0 radical (unpaired) electrons. The number of hydrogen-bond acceptors (Lipinski definition) is 6. The Labute approximate surface area is 279 Å². The molecule has 4 aromatic rings. The van der Waals surface area contributed by atoms with Crippen LogP contribution in [-0.2, 0) is 17.1 Å². The fourth-order valence-electron chi connectivity index (χ4n) is 5.66. The molecule has 0 spiro atoms. The molecule has 1 fully saturated rings. The Balaban J connectivity index is 1.50. The summed E-state index contributed by atoms with van der Waals surface area (Å²) in [6.45, 7) is 1.47.